The average Bonchev–Trinajstić information content (AvgIpc) is 2.83. The maximum atomic E-state index is 5.36. The smallest absolute Gasteiger partial charge is 0.117 e. The van der Waals surface area contributed by atoms with Gasteiger partial charge in [0.25, 0.3) is 0 Å². The quantitative estimate of drug-likeness (QED) is 0.781. The van der Waals surface area contributed by atoms with Crippen LogP contribution in [0, 0.1) is 0 Å². The van der Waals surface area contributed by atoms with Crippen molar-refractivity contribution in [3.8, 4) is 0 Å². The zero-order valence-corrected chi connectivity index (χ0v) is 10.5. The molecule has 0 aliphatic rings. The van der Waals surface area contributed by atoms with E-state index in [2.05, 4.69) is 49.2 Å². The molecule has 17 heavy (non-hydrogen) atoms. The fraction of sp³-hybridized carbons (Fsp3) is 0.333. The largest absolute Gasteiger partial charge is 0.468 e. The molecule has 0 spiro atoms. The van der Waals surface area contributed by atoms with Crippen molar-refractivity contribution in [2.75, 3.05) is 7.05 Å². The first-order valence-corrected chi connectivity index (χ1v) is 6.02. The summed E-state index contributed by atoms with van der Waals surface area (Å²) in [6.07, 6.45) is 2.79. The second-order valence-electron chi connectivity index (χ2n) is 4.53. The van der Waals surface area contributed by atoms with E-state index in [0.29, 0.717) is 6.04 Å². The summed E-state index contributed by atoms with van der Waals surface area (Å²) in [4.78, 5) is 2.31. The molecular formula is C15H19NO. The molecule has 0 saturated heterocycles. The minimum Gasteiger partial charge on any atom is -0.468 e. The van der Waals surface area contributed by atoms with Gasteiger partial charge in [-0.15, -0.1) is 0 Å². The van der Waals surface area contributed by atoms with Crippen molar-refractivity contribution < 1.29 is 4.42 Å². The molecule has 1 aromatic carbocycles. The van der Waals surface area contributed by atoms with E-state index in [0.717, 1.165) is 18.7 Å². The second kappa shape index (κ2) is 5.69. The summed E-state index contributed by atoms with van der Waals surface area (Å²) in [5.41, 5.74) is 1.38. The highest BCUT2D eigenvalue weighted by Gasteiger charge is 2.11. The normalized spacial score (nSPS) is 12.9. The number of hydrogen-bond acceptors (Lipinski definition) is 2. The number of benzene rings is 1. The molecule has 0 aliphatic carbocycles. The highest BCUT2D eigenvalue weighted by atomic mass is 16.3. The van der Waals surface area contributed by atoms with Crippen molar-refractivity contribution in [1.82, 2.24) is 4.90 Å². The van der Waals surface area contributed by atoms with Crippen LogP contribution in [0.25, 0.3) is 0 Å². The summed E-state index contributed by atoms with van der Waals surface area (Å²) in [5.74, 6) is 1.02. The van der Waals surface area contributed by atoms with Gasteiger partial charge in [-0.3, -0.25) is 4.90 Å². The standard InChI is InChI=1S/C15H19NO/c1-13(11-14-7-4-3-5-8-14)16(2)12-15-9-6-10-17-15/h3-10,13H,11-12H2,1-2H3/t13-/m0/s1. The Bertz CT molecular complexity index is 421. The SMILES string of the molecule is C[C@@H](Cc1ccccc1)N(C)Cc1ccco1. The summed E-state index contributed by atoms with van der Waals surface area (Å²) < 4.78 is 5.36. The summed E-state index contributed by atoms with van der Waals surface area (Å²) in [7, 11) is 2.14. The molecule has 0 amide bonds. The van der Waals surface area contributed by atoms with Crippen LogP contribution in [-0.4, -0.2) is 18.0 Å². The molecule has 0 N–H and O–H groups in total. The van der Waals surface area contributed by atoms with Crippen molar-refractivity contribution in [3.63, 3.8) is 0 Å². The first-order chi connectivity index (χ1) is 8.25. The van der Waals surface area contributed by atoms with E-state index in [1.165, 1.54) is 5.56 Å². The van der Waals surface area contributed by atoms with Crippen LogP contribution in [0.4, 0.5) is 0 Å². The number of furan rings is 1. The third kappa shape index (κ3) is 3.46. The minimum absolute atomic E-state index is 0.502. The lowest BCUT2D eigenvalue weighted by Crippen LogP contribution is -2.30. The monoisotopic (exact) mass is 229 g/mol. The Morgan fingerprint density at radius 1 is 1.12 bits per heavy atom. The molecule has 0 aliphatic heterocycles. The average molecular weight is 229 g/mol. The van der Waals surface area contributed by atoms with Gasteiger partial charge in [0.05, 0.1) is 12.8 Å². The first kappa shape index (κ1) is 11.9. The molecule has 2 nitrogen and oxygen atoms in total. The van der Waals surface area contributed by atoms with Crippen LogP contribution in [0.2, 0.25) is 0 Å². The maximum Gasteiger partial charge on any atom is 0.117 e. The lowest BCUT2D eigenvalue weighted by atomic mass is 10.1. The van der Waals surface area contributed by atoms with Gasteiger partial charge >= 0.3 is 0 Å². The third-order valence-electron chi connectivity index (χ3n) is 3.11. The van der Waals surface area contributed by atoms with E-state index < -0.39 is 0 Å². The number of nitrogens with zero attached hydrogens (tertiary/aromatic N) is 1. The van der Waals surface area contributed by atoms with Crippen LogP contribution in [0.5, 0.6) is 0 Å². The van der Waals surface area contributed by atoms with Crippen molar-refractivity contribution in [3.05, 3.63) is 60.1 Å². The fourth-order valence-corrected chi connectivity index (χ4v) is 1.92. The van der Waals surface area contributed by atoms with Gasteiger partial charge in [0.2, 0.25) is 0 Å². The van der Waals surface area contributed by atoms with Crippen molar-refractivity contribution in [2.24, 2.45) is 0 Å². The zero-order chi connectivity index (χ0) is 12.1. The van der Waals surface area contributed by atoms with E-state index in [-0.39, 0.29) is 0 Å². The molecule has 2 aromatic rings. The summed E-state index contributed by atoms with van der Waals surface area (Å²) >= 11 is 0. The Morgan fingerprint density at radius 3 is 2.53 bits per heavy atom. The van der Waals surface area contributed by atoms with Gasteiger partial charge in [0.1, 0.15) is 5.76 Å². The molecule has 0 saturated carbocycles. The molecule has 1 heterocycles. The van der Waals surface area contributed by atoms with Crippen molar-refractivity contribution in [2.45, 2.75) is 25.9 Å². The third-order valence-corrected chi connectivity index (χ3v) is 3.11. The molecule has 0 bridgehead atoms. The van der Waals surface area contributed by atoms with E-state index in [4.69, 9.17) is 4.42 Å². The van der Waals surface area contributed by atoms with E-state index in [1.54, 1.807) is 6.26 Å². The summed E-state index contributed by atoms with van der Waals surface area (Å²) in [5, 5.41) is 0. The van der Waals surface area contributed by atoms with Crippen LogP contribution >= 0.6 is 0 Å². The Labute approximate surface area is 103 Å². The topological polar surface area (TPSA) is 16.4 Å². The molecule has 2 rings (SSSR count). The van der Waals surface area contributed by atoms with Gasteiger partial charge in [0.15, 0.2) is 0 Å². The number of likely N-dealkylation sites (N-methyl/N-ethyl adjacent to an activating group) is 1. The molecule has 1 atom stereocenters. The molecule has 2 heteroatoms. The molecule has 1 aromatic heterocycles. The second-order valence-corrected chi connectivity index (χ2v) is 4.53. The Kier molecular flexibility index (Phi) is 3.99. The Morgan fingerprint density at radius 2 is 1.88 bits per heavy atom. The zero-order valence-electron chi connectivity index (χ0n) is 10.5. The van der Waals surface area contributed by atoms with Crippen LogP contribution in [0.1, 0.15) is 18.2 Å². The highest BCUT2D eigenvalue weighted by Crippen LogP contribution is 2.11. The first-order valence-electron chi connectivity index (χ1n) is 6.02. The van der Waals surface area contributed by atoms with Crippen molar-refractivity contribution in [1.29, 1.82) is 0 Å². The van der Waals surface area contributed by atoms with Gasteiger partial charge in [-0.05, 0) is 38.1 Å². The fourth-order valence-electron chi connectivity index (χ4n) is 1.92. The predicted molar refractivity (Wildman–Crippen MR) is 69.8 cm³/mol. The van der Waals surface area contributed by atoms with Gasteiger partial charge in [0, 0.05) is 6.04 Å². The van der Waals surface area contributed by atoms with Gasteiger partial charge in [-0.2, -0.15) is 0 Å². The number of hydrogen-bond donors (Lipinski definition) is 0. The van der Waals surface area contributed by atoms with Crippen LogP contribution in [-0.2, 0) is 13.0 Å². The highest BCUT2D eigenvalue weighted by molar-refractivity contribution is 5.15. The predicted octanol–water partition coefficient (Wildman–Crippen LogP) is 3.34. The lowest BCUT2D eigenvalue weighted by Gasteiger charge is -2.23. The van der Waals surface area contributed by atoms with Gasteiger partial charge < -0.3 is 4.42 Å². The van der Waals surface area contributed by atoms with Gasteiger partial charge in [-0.25, -0.2) is 0 Å². The maximum absolute atomic E-state index is 5.36. The lowest BCUT2D eigenvalue weighted by molar-refractivity contribution is 0.228. The minimum atomic E-state index is 0.502. The van der Waals surface area contributed by atoms with Crippen LogP contribution < -0.4 is 0 Å². The molecular weight excluding hydrogens is 210 g/mol. The van der Waals surface area contributed by atoms with E-state index >= 15 is 0 Å². The molecule has 0 radical (unpaired) electrons. The summed E-state index contributed by atoms with van der Waals surface area (Å²) in [6, 6.07) is 15.1. The van der Waals surface area contributed by atoms with Crippen LogP contribution in [0.15, 0.2) is 53.1 Å². The van der Waals surface area contributed by atoms with Gasteiger partial charge in [-0.1, -0.05) is 30.3 Å². The van der Waals surface area contributed by atoms with Crippen molar-refractivity contribution >= 4 is 0 Å². The number of rotatable bonds is 5. The Hall–Kier alpha value is -1.54. The van der Waals surface area contributed by atoms with Crippen LogP contribution in [0.3, 0.4) is 0 Å². The van der Waals surface area contributed by atoms with E-state index in [1.807, 2.05) is 12.1 Å². The summed E-state index contributed by atoms with van der Waals surface area (Å²) in [6.45, 7) is 3.11. The molecule has 0 fully saturated rings. The van der Waals surface area contributed by atoms with E-state index in [9.17, 15) is 0 Å². The molecule has 0 unspecified atom stereocenters. The molecule has 90 valence electrons. The Balaban J connectivity index is 1.89.